The number of rotatable bonds is 9. The number of carbonyl (C=O) groups is 1. The van der Waals surface area contributed by atoms with E-state index in [1.807, 2.05) is 57.2 Å². The van der Waals surface area contributed by atoms with Crippen LogP contribution in [0.5, 0.6) is 5.75 Å². The second-order valence-electron chi connectivity index (χ2n) is 6.22. The van der Waals surface area contributed by atoms with Crippen LogP contribution in [0.2, 0.25) is 5.02 Å². The minimum atomic E-state index is -0.468. The van der Waals surface area contributed by atoms with E-state index < -0.39 is 6.10 Å². The topological polar surface area (TPSA) is 38.3 Å². The molecule has 0 aliphatic carbocycles. The van der Waals surface area contributed by atoms with Gasteiger partial charge in [0.25, 0.3) is 5.91 Å². The van der Waals surface area contributed by atoms with Gasteiger partial charge in [-0.1, -0.05) is 54.4 Å². The Morgan fingerprint density at radius 3 is 2.69 bits per heavy atom. The molecule has 0 spiro atoms. The second kappa shape index (κ2) is 10.5. The van der Waals surface area contributed by atoms with Crippen molar-refractivity contribution >= 4 is 29.3 Å². The van der Waals surface area contributed by atoms with Gasteiger partial charge >= 0.3 is 0 Å². The SMILES string of the molecule is CCC(Oc1ccc(C)cc1C)C(=O)NCCSCc1ccccc1Cl. The summed E-state index contributed by atoms with van der Waals surface area (Å²) in [4.78, 5) is 12.4. The largest absolute Gasteiger partial charge is 0.480 e. The summed E-state index contributed by atoms with van der Waals surface area (Å²) in [6.07, 6.45) is 0.163. The Bertz CT molecular complexity index is 736. The number of ether oxygens (including phenoxy) is 1. The van der Waals surface area contributed by atoms with Gasteiger partial charge in [0.1, 0.15) is 5.75 Å². The average Bonchev–Trinajstić information content (AvgIpc) is 2.62. The summed E-state index contributed by atoms with van der Waals surface area (Å²) in [5.41, 5.74) is 3.35. The van der Waals surface area contributed by atoms with Crippen LogP contribution in [0.1, 0.15) is 30.0 Å². The molecule has 0 saturated heterocycles. The van der Waals surface area contributed by atoms with E-state index in [0.29, 0.717) is 13.0 Å². The Hall–Kier alpha value is -1.65. The first-order valence-electron chi connectivity index (χ1n) is 8.84. The summed E-state index contributed by atoms with van der Waals surface area (Å²) in [7, 11) is 0. The third kappa shape index (κ3) is 6.26. The molecule has 140 valence electrons. The Kier molecular flexibility index (Phi) is 8.33. The van der Waals surface area contributed by atoms with Crippen molar-refractivity contribution in [3.63, 3.8) is 0 Å². The van der Waals surface area contributed by atoms with Crippen LogP contribution in [0.15, 0.2) is 42.5 Å². The van der Waals surface area contributed by atoms with Gasteiger partial charge < -0.3 is 10.1 Å². The van der Waals surface area contributed by atoms with E-state index in [2.05, 4.69) is 11.4 Å². The highest BCUT2D eigenvalue weighted by atomic mass is 35.5. The lowest BCUT2D eigenvalue weighted by Gasteiger charge is -2.19. The highest BCUT2D eigenvalue weighted by Crippen LogP contribution is 2.21. The maximum absolute atomic E-state index is 12.4. The van der Waals surface area contributed by atoms with Gasteiger partial charge in [0.05, 0.1) is 0 Å². The molecule has 0 heterocycles. The maximum atomic E-state index is 12.4. The fourth-order valence-corrected chi connectivity index (χ4v) is 3.71. The third-order valence-corrected chi connectivity index (χ3v) is 5.40. The zero-order valence-electron chi connectivity index (χ0n) is 15.5. The highest BCUT2D eigenvalue weighted by Gasteiger charge is 2.18. The molecule has 1 N–H and O–H groups in total. The van der Waals surface area contributed by atoms with E-state index in [9.17, 15) is 4.79 Å². The molecule has 0 fully saturated rings. The maximum Gasteiger partial charge on any atom is 0.261 e. The molecule has 1 atom stereocenters. The van der Waals surface area contributed by atoms with Crippen LogP contribution in [-0.2, 0) is 10.5 Å². The molecule has 2 aromatic carbocycles. The smallest absolute Gasteiger partial charge is 0.261 e. The van der Waals surface area contributed by atoms with Gasteiger partial charge in [0, 0.05) is 23.1 Å². The molecule has 1 amide bonds. The number of hydrogen-bond acceptors (Lipinski definition) is 3. The number of hydrogen-bond donors (Lipinski definition) is 1. The number of halogens is 1. The zero-order valence-corrected chi connectivity index (χ0v) is 17.1. The molecule has 2 rings (SSSR count). The minimum Gasteiger partial charge on any atom is -0.480 e. The zero-order chi connectivity index (χ0) is 18.9. The van der Waals surface area contributed by atoms with E-state index in [0.717, 1.165) is 33.4 Å². The van der Waals surface area contributed by atoms with Crippen molar-refractivity contribution in [2.24, 2.45) is 0 Å². The van der Waals surface area contributed by atoms with E-state index >= 15 is 0 Å². The lowest BCUT2D eigenvalue weighted by molar-refractivity contribution is -0.128. The molecule has 2 aromatic rings. The summed E-state index contributed by atoms with van der Waals surface area (Å²) in [5.74, 6) is 2.37. The molecule has 1 unspecified atom stereocenters. The molecule has 0 bridgehead atoms. The van der Waals surface area contributed by atoms with Gasteiger partial charge in [-0.05, 0) is 43.5 Å². The Morgan fingerprint density at radius 1 is 1.23 bits per heavy atom. The van der Waals surface area contributed by atoms with Gasteiger partial charge in [-0.15, -0.1) is 0 Å². The van der Waals surface area contributed by atoms with E-state index in [4.69, 9.17) is 16.3 Å². The van der Waals surface area contributed by atoms with Crippen molar-refractivity contribution in [3.05, 3.63) is 64.2 Å². The van der Waals surface area contributed by atoms with Gasteiger partial charge in [0.15, 0.2) is 6.10 Å². The van der Waals surface area contributed by atoms with Crippen LogP contribution in [0, 0.1) is 13.8 Å². The van der Waals surface area contributed by atoms with Crippen molar-refractivity contribution < 1.29 is 9.53 Å². The fraction of sp³-hybridized carbons (Fsp3) is 0.381. The number of nitrogens with one attached hydrogen (secondary N) is 1. The highest BCUT2D eigenvalue weighted by molar-refractivity contribution is 7.98. The Morgan fingerprint density at radius 2 is 2.00 bits per heavy atom. The molecule has 5 heteroatoms. The molecular weight excluding hydrogens is 366 g/mol. The standard InChI is InChI=1S/C21H26ClNO2S/c1-4-19(25-20-10-9-15(2)13-16(20)3)21(24)23-11-12-26-14-17-7-5-6-8-18(17)22/h5-10,13,19H,4,11-12,14H2,1-3H3,(H,23,24). The minimum absolute atomic E-state index is 0.0641. The number of amides is 1. The molecule has 0 aromatic heterocycles. The molecule has 3 nitrogen and oxygen atoms in total. The second-order valence-corrected chi connectivity index (χ2v) is 7.73. The number of carbonyl (C=O) groups excluding carboxylic acids is 1. The summed E-state index contributed by atoms with van der Waals surface area (Å²) in [5, 5.41) is 3.76. The summed E-state index contributed by atoms with van der Waals surface area (Å²) >= 11 is 7.90. The third-order valence-electron chi connectivity index (χ3n) is 4.02. The molecule has 26 heavy (non-hydrogen) atoms. The Balaban J connectivity index is 1.75. The predicted octanol–water partition coefficient (Wildman–Crippen LogP) is 5.16. The molecular formula is C21H26ClNO2S. The van der Waals surface area contributed by atoms with Crippen LogP contribution in [-0.4, -0.2) is 24.3 Å². The normalized spacial score (nSPS) is 11.8. The first kappa shape index (κ1) is 20.7. The van der Waals surface area contributed by atoms with E-state index in [-0.39, 0.29) is 5.91 Å². The number of benzene rings is 2. The van der Waals surface area contributed by atoms with Gasteiger partial charge in [0.2, 0.25) is 0 Å². The number of thioether (sulfide) groups is 1. The quantitative estimate of drug-likeness (QED) is 0.599. The first-order chi connectivity index (χ1) is 12.5. The van der Waals surface area contributed by atoms with Crippen LogP contribution in [0.4, 0.5) is 0 Å². The average molecular weight is 392 g/mol. The lowest BCUT2D eigenvalue weighted by atomic mass is 10.1. The lowest BCUT2D eigenvalue weighted by Crippen LogP contribution is -2.39. The molecule has 0 saturated carbocycles. The van der Waals surface area contributed by atoms with Crippen molar-refractivity contribution in [3.8, 4) is 5.75 Å². The van der Waals surface area contributed by atoms with Crippen LogP contribution >= 0.6 is 23.4 Å². The molecule has 0 radical (unpaired) electrons. The molecule has 0 aliphatic rings. The fourth-order valence-electron chi connectivity index (χ4n) is 2.56. The number of aryl methyl sites for hydroxylation is 2. The van der Waals surface area contributed by atoms with Gasteiger partial charge in [-0.3, -0.25) is 4.79 Å². The van der Waals surface area contributed by atoms with Crippen molar-refractivity contribution in [1.29, 1.82) is 0 Å². The monoisotopic (exact) mass is 391 g/mol. The summed E-state index contributed by atoms with van der Waals surface area (Å²) in [6.45, 7) is 6.61. The van der Waals surface area contributed by atoms with Crippen LogP contribution in [0.3, 0.4) is 0 Å². The first-order valence-corrected chi connectivity index (χ1v) is 10.4. The van der Waals surface area contributed by atoms with Crippen LogP contribution in [0.25, 0.3) is 0 Å². The molecule has 0 aliphatic heterocycles. The van der Waals surface area contributed by atoms with E-state index in [1.165, 1.54) is 5.56 Å². The van der Waals surface area contributed by atoms with E-state index in [1.54, 1.807) is 11.8 Å². The summed E-state index contributed by atoms with van der Waals surface area (Å²) < 4.78 is 5.92. The van der Waals surface area contributed by atoms with Crippen molar-refractivity contribution in [2.75, 3.05) is 12.3 Å². The van der Waals surface area contributed by atoms with Crippen molar-refractivity contribution in [2.45, 2.75) is 39.0 Å². The van der Waals surface area contributed by atoms with Gasteiger partial charge in [-0.2, -0.15) is 11.8 Å². The summed E-state index contributed by atoms with van der Waals surface area (Å²) in [6, 6.07) is 13.8. The Labute approximate surface area is 165 Å². The van der Waals surface area contributed by atoms with Gasteiger partial charge in [-0.25, -0.2) is 0 Å². The predicted molar refractivity (Wildman–Crippen MR) is 111 cm³/mol. The van der Waals surface area contributed by atoms with Crippen LogP contribution < -0.4 is 10.1 Å². The van der Waals surface area contributed by atoms with Crippen molar-refractivity contribution in [1.82, 2.24) is 5.32 Å².